The number of nitrogens with zero attached hydrogens (tertiary/aromatic N) is 1. The van der Waals surface area contributed by atoms with Gasteiger partial charge in [-0.3, -0.25) is 9.29 Å². The second kappa shape index (κ2) is 10.7. The number of aryl methyl sites for hydroxylation is 1. The predicted molar refractivity (Wildman–Crippen MR) is 127 cm³/mol. The molecule has 0 spiro atoms. The first-order valence-corrected chi connectivity index (χ1v) is 12.0. The first-order chi connectivity index (χ1) is 16.7. The van der Waals surface area contributed by atoms with Crippen molar-refractivity contribution >= 4 is 5.57 Å². The van der Waals surface area contributed by atoms with E-state index in [2.05, 4.69) is 5.32 Å². The summed E-state index contributed by atoms with van der Waals surface area (Å²) in [6, 6.07) is 9.81. The van der Waals surface area contributed by atoms with E-state index < -0.39 is 37.3 Å². The van der Waals surface area contributed by atoms with Crippen LogP contribution in [0.5, 0.6) is 5.75 Å². The van der Waals surface area contributed by atoms with Crippen molar-refractivity contribution in [2.45, 2.75) is 51.4 Å². The fraction of sp³-hybridized carbons (Fsp3) is 0.481. The number of rotatable bonds is 9. The zero-order valence-corrected chi connectivity index (χ0v) is 20.0. The Labute approximate surface area is 203 Å². The molecule has 0 saturated heterocycles. The van der Waals surface area contributed by atoms with Crippen LogP contribution in [-0.2, 0) is 6.42 Å². The lowest BCUT2D eigenvalue weighted by molar-refractivity contribution is -0.155. The van der Waals surface area contributed by atoms with Crippen molar-refractivity contribution in [2.75, 3.05) is 32.9 Å². The van der Waals surface area contributed by atoms with Crippen LogP contribution in [-0.4, -0.2) is 50.0 Å². The SMILES string of the molecule is Cc1ccc(OCCNCCCF)c(F)c1[C@@H]1C2=C(C[C@@H](C)N1CC(F)(F)F)c1ccccc1C2. The molecule has 2 aromatic carbocycles. The van der Waals surface area contributed by atoms with Gasteiger partial charge in [0.2, 0.25) is 0 Å². The van der Waals surface area contributed by atoms with Crippen LogP contribution in [0.1, 0.15) is 48.1 Å². The summed E-state index contributed by atoms with van der Waals surface area (Å²) >= 11 is 0. The smallest absolute Gasteiger partial charge is 0.401 e. The minimum Gasteiger partial charge on any atom is -0.489 e. The molecule has 2 aromatic rings. The van der Waals surface area contributed by atoms with Crippen LogP contribution in [0.3, 0.4) is 0 Å². The van der Waals surface area contributed by atoms with Crippen molar-refractivity contribution in [1.82, 2.24) is 10.2 Å². The second-order valence-corrected chi connectivity index (χ2v) is 9.33. The van der Waals surface area contributed by atoms with Crippen molar-refractivity contribution in [2.24, 2.45) is 0 Å². The van der Waals surface area contributed by atoms with E-state index in [4.69, 9.17) is 4.74 Å². The van der Waals surface area contributed by atoms with E-state index in [0.717, 1.165) is 22.3 Å². The third kappa shape index (κ3) is 5.54. The van der Waals surface area contributed by atoms with Gasteiger partial charge in [-0.05, 0) is 73.6 Å². The van der Waals surface area contributed by atoms with E-state index >= 15 is 4.39 Å². The van der Waals surface area contributed by atoms with Gasteiger partial charge >= 0.3 is 6.18 Å². The van der Waals surface area contributed by atoms with Crippen molar-refractivity contribution in [3.05, 3.63) is 70.0 Å². The van der Waals surface area contributed by atoms with Crippen LogP contribution in [0, 0.1) is 12.7 Å². The van der Waals surface area contributed by atoms with E-state index in [1.165, 1.54) is 11.0 Å². The van der Waals surface area contributed by atoms with Crippen LogP contribution < -0.4 is 10.1 Å². The Kier molecular flexibility index (Phi) is 7.81. The monoisotopic (exact) mass is 494 g/mol. The summed E-state index contributed by atoms with van der Waals surface area (Å²) in [5, 5.41) is 3.02. The van der Waals surface area contributed by atoms with Crippen molar-refractivity contribution in [3.8, 4) is 5.75 Å². The first kappa shape index (κ1) is 25.6. The molecular weight excluding hydrogens is 463 g/mol. The molecule has 35 heavy (non-hydrogen) atoms. The summed E-state index contributed by atoms with van der Waals surface area (Å²) in [6.45, 7) is 3.04. The van der Waals surface area contributed by atoms with Gasteiger partial charge in [0.1, 0.15) is 6.61 Å². The van der Waals surface area contributed by atoms with Gasteiger partial charge in [-0.25, -0.2) is 4.39 Å². The molecule has 1 N–H and O–H groups in total. The highest BCUT2D eigenvalue weighted by atomic mass is 19.4. The molecule has 1 aliphatic carbocycles. The number of benzene rings is 2. The van der Waals surface area contributed by atoms with Crippen LogP contribution in [0.25, 0.3) is 5.57 Å². The lowest BCUT2D eigenvalue weighted by Gasteiger charge is -2.43. The highest BCUT2D eigenvalue weighted by Crippen LogP contribution is 2.50. The van der Waals surface area contributed by atoms with Crippen LogP contribution in [0.4, 0.5) is 22.0 Å². The lowest BCUT2D eigenvalue weighted by atomic mass is 9.83. The summed E-state index contributed by atoms with van der Waals surface area (Å²) in [7, 11) is 0. The van der Waals surface area contributed by atoms with Crippen molar-refractivity contribution < 1.29 is 26.7 Å². The summed E-state index contributed by atoms with van der Waals surface area (Å²) in [5.74, 6) is -0.608. The molecule has 1 heterocycles. The molecule has 3 nitrogen and oxygen atoms in total. The van der Waals surface area contributed by atoms with E-state index in [0.29, 0.717) is 37.9 Å². The Morgan fingerprint density at radius 3 is 2.63 bits per heavy atom. The van der Waals surface area contributed by atoms with E-state index in [9.17, 15) is 17.6 Å². The molecule has 0 radical (unpaired) electrons. The highest BCUT2D eigenvalue weighted by Gasteiger charge is 2.45. The molecule has 0 saturated carbocycles. The molecule has 2 aliphatic rings. The molecule has 190 valence electrons. The van der Waals surface area contributed by atoms with Gasteiger partial charge in [-0.2, -0.15) is 13.2 Å². The third-order valence-electron chi connectivity index (χ3n) is 6.86. The third-order valence-corrected chi connectivity index (χ3v) is 6.86. The Hall–Kier alpha value is -2.45. The number of fused-ring (bicyclic) bond motifs is 2. The summed E-state index contributed by atoms with van der Waals surface area (Å²) in [6.07, 6.45) is -3.04. The minimum absolute atomic E-state index is 0.0146. The van der Waals surface area contributed by atoms with Gasteiger partial charge in [-0.1, -0.05) is 30.3 Å². The van der Waals surface area contributed by atoms with Crippen molar-refractivity contribution in [1.29, 1.82) is 0 Å². The molecule has 1 aliphatic heterocycles. The maximum absolute atomic E-state index is 15.9. The standard InChI is InChI=1S/C27H31F5N2O/c1-17-8-9-23(35-13-12-33-11-5-10-28)25(29)24(17)26-22-15-19-6-3-4-7-20(19)21(22)14-18(2)34(26)16-27(30,31)32/h3-4,6-9,18,26,33H,5,10-16H2,1-2H3/t18-,26+/m1/s1. The number of ether oxygens (including phenoxy) is 1. The average molecular weight is 495 g/mol. The molecule has 0 aromatic heterocycles. The normalized spacial score (nSPS) is 20.2. The zero-order valence-electron chi connectivity index (χ0n) is 20.0. The number of hydrogen-bond acceptors (Lipinski definition) is 3. The predicted octanol–water partition coefficient (Wildman–Crippen LogP) is 6.17. The molecule has 4 rings (SSSR count). The Morgan fingerprint density at radius 2 is 1.89 bits per heavy atom. The zero-order chi connectivity index (χ0) is 25.2. The van der Waals surface area contributed by atoms with Gasteiger partial charge in [0, 0.05) is 18.2 Å². The van der Waals surface area contributed by atoms with Gasteiger partial charge in [0.05, 0.1) is 19.3 Å². The Balaban J connectivity index is 1.71. The topological polar surface area (TPSA) is 24.5 Å². The number of nitrogens with one attached hydrogen (secondary N) is 1. The first-order valence-electron chi connectivity index (χ1n) is 12.0. The lowest BCUT2D eigenvalue weighted by Crippen LogP contribution is -2.46. The Bertz CT molecular complexity index is 1080. The fourth-order valence-electron chi connectivity index (χ4n) is 5.28. The van der Waals surface area contributed by atoms with Gasteiger partial charge in [-0.15, -0.1) is 0 Å². The molecule has 0 amide bonds. The summed E-state index contributed by atoms with van der Waals surface area (Å²) in [4.78, 5) is 1.39. The van der Waals surface area contributed by atoms with E-state index in [-0.39, 0.29) is 17.9 Å². The quantitative estimate of drug-likeness (QED) is 0.333. The van der Waals surface area contributed by atoms with E-state index in [1.807, 2.05) is 24.3 Å². The van der Waals surface area contributed by atoms with Gasteiger partial charge in [0.25, 0.3) is 0 Å². The molecular formula is C27H31F5N2O. The largest absolute Gasteiger partial charge is 0.489 e. The minimum atomic E-state index is -4.42. The second-order valence-electron chi connectivity index (χ2n) is 9.33. The van der Waals surface area contributed by atoms with Crippen LogP contribution in [0.15, 0.2) is 42.0 Å². The van der Waals surface area contributed by atoms with Gasteiger partial charge < -0.3 is 10.1 Å². The summed E-state index contributed by atoms with van der Waals surface area (Å²) in [5.41, 5.74) is 4.80. The maximum atomic E-state index is 15.9. The number of halogens is 5. The molecule has 8 heteroatoms. The van der Waals surface area contributed by atoms with Gasteiger partial charge in [0.15, 0.2) is 11.6 Å². The number of alkyl halides is 4. The molecule has 0 unspecified atom stereocenters. The number of hydrogen-bond donors (Lipinski definition) is 1. The maximum Gasteiger partial charge on any atom is 0.401 e. The van der Waals surface area contributed by atoms with Crippen molar-refractivity contribution in [3.63, 3.8) is 0 Å². The molecule has 2 atom stereocenters. The average Bonchev–Trinajstić information content (AvgIpc) is 3.16. The highest BCUT2D eigenvalue weighted by molar-refractivity contribution is 5.79. The van der Waals surface area contributed by atoms with Crippen LogP contribution in [0.2, 0.25) is 0 Å². The molecule has 0 bridgehead atoms. The van der Waals surface area contributed by atoms with Crippen LogP contribution >= 0.6 is 0 Å². The molecule has 0 fully saturated rings. The van der Waals surface area contributed by atoms with E-state index in [1.54, 1.807) is 19.9 Å². The summed E-state index contributed by atoms with van der Waals surface area (Å²) < 4.78 is 74.8. The fourth-order valence-corrected chi connectivity index (χ4v) is 5.28. The Morgan fingerprint density at radius 1 is 1.11 bits per heavy atom.